The van der Waals surface area contributed by atoms with Crippen molar-refractivity contribution in [1.82, 2.24) is 4.98 Å². The summed E-state index contributed by atoms with van der Waals surface area (Å²) < 4.78 is 5.74. The fourth-order valence-electron chi connectivity index (χ4n) is 2.03. The van der Waals surface area contributed by atoms with Gasteiger partial charge in [-0.2, -0.15) is 0 Å². The van der Waals surface area contributed by atoms with Gasteiger partial charge in [-0.15, -0.1) is 11.3 Å². The predicted octanol–water partition coefficient (Wildman–Crippen LogP) is 2.00. The van der Waals surface area contributed by atoms with E-state index in [4.69, 9.17) is 10.5 Å². The monoisotopic (exact) mass is 261 g/mol. The molecule has 0 saturated carbocycles. The molecule has 0 fully saturated rings. The number of rotatable bonds is 2. The quantitative estimate of drug-likeness (QED) is 0.898. The van der Waals surface area contributed by atoms with Crippen LogP contribution in [-0.4, -0.2) is 18.1 Å². The van der Waals surface area contributed by atoms with E-state index in [0.29, 0.717) is 13.2 Å². The molecule has 94 valence electrons. The summed E-state index contributed by atoms with van der Waals surface area (Å²) in [5.74, 6) is 0.982. The first-order valence-electron chi connectivity index (χ1n) is 5.97. The summed E-state index contributed by atoms with van der Waals surface area (Å²) in [4.78, 5) is 7.79. The number of hydrogen-bond donors (Lipinski definition) is 1. The smallest absolute Gasteiger partial charge is 0.185 e. The molecule has 18 heavy (non-hydrogen) atoms. The van der Waals surface area contributed by atoms with Crippen molar-refractivity contribution < 1.29 is 4.74 Å². The van der Waals surface area contributed by atoms with E-state index in [0.717, 1.165) is 28.8 Å². The molecule has 2 aromatic rings. The lowest BCUT2D eigenvalue weighted by molar-refractivity contribution is 0.331. The van der Waals surface area contributed by atoms with Crippen LogP contribution in [0.15, 0.2) is 30.5 Å². The third kappa shape index (κ3) is 2.19. The minimum absolute atomic E-state index is 0.554. The van der Waals surface area contributed by atoms with Crippen LogP contribution in [-0.2, 0) is 13.1 Å². The second kappa shape index (κ2) is 4.96. The van der Waals surface area contributed by atoms with Gasteiger partial charge in [0.2, 0.25) is 0 Å². The average molecular weight is 261 g/mol. The zero-order valence-electron chi connectivity index (χ0n) is 10.0. The standard InChI is InChI=1S/C13H15N3OS/c14-7-11-8-15-13(18-11)16-5-6-17-12-4-2-1-3-10(12)9-16/h1-4,8H,5-7,9,14H2. The largest absolute Gasteiger partial charge is 0.491 e. The lowest BCUT2D eigenvalue weighted by Crippen LogP contribution is -2.24. The van der Waals surface area contributed by atoms with Crippen LogP contribution in [0.25, 0.3) is 0 Å². The van der Waals surface area contributed by atoms with E-state index in [1.165, 1.54) is 5.56 Å². The highest BCUT2D eigenvalue weighted by atomic mass is 32.1. The zero-order valence-corrected chi connectivity index (χ0v) is 10.8. The molecule has 0 saturated heterocycles. The summed E-state index contributed by atoms with van der Waals surface area (Å²) in [5.41, 5.74) is 6.84. The summed E-state index contributed by atoms with van der Waals surface area (Å²) in [5, 5.41) is 1.02. The SMILES string of the molecule is NCc1cnc(N2CCOc3ccccc3C2)s1. The van der Waals surface area contributed by atoms with E-state index < -0.39 is 0 Å². The maximum atomic E-state index is 5.74. The second-order valence-corrected chi connectivity index (χ2v) is 5.28. The van der Waals surface area contributed by atoms with E-state index in [-0.39, 0.29) is 0 Å². The van der Waals surface area contributed by atoms with Gasteiger partial charge in [-0.3, -0.25) is 0 Å². The Bertz CT molecular complexity index is 541. The van der Waals surface area contributed by atoms with Crippen LogP contribution in [0.4, 0.5) is 5.13 Å². The van der Waals surface area contributed by atoms with Gasteiger partial charge < -0.3 is 15.4 Å². The molecule has 0 amide bonds. The molecule has 0 spiro atoms. The van der Waals surface area contributed by atoms with Crippen molar-refractivity contribution in [1.29, 1.82) is 0 Å². The molecule has 1 aliphatic rings. The molecule has 2 N–H and O–H groups in total. The first-order chi connectivity index (χ1) is 8.86. The molecule has 0 unspecified atom stereocenters. The highest BCUT2D eigenvalue weighted by Crippen LogP contribution is 2.28. The molecule has 1 aromatic carbocycles. The molecule has 1 aliphatic heterocycles. The molecule has 4 nitrogen and oxygen atoms in total. The van der Waals surface area contributed by atoms with Crippen molar-refractivity contribution in [2.24, 2.45) is 5.73 Å². The number of hydrogen-bond acceptors (Lipinski definition) is 5. The topological polar surface area (TPSA) is 51.4 Å². The maximum absolute atomic E-state index is 5.74. The van der Waals surface area contributed by atoms with E-state index >= 15 is 0 Å². The van der Waals surface area contributed by atoms with E-state index in [9.17, 15) is 0 Å². The van der Waals surface area contributed by atoms with Crippen LogP contribution < -0.4 is 15.4 Å². The summed E-state index contributed by atoms with van der Waals surface area (Å²) in [6.45, 7) is 2.94. The number of para-hydroxylation sites is 1. The number of benzene rings is 1. The van der Waals surface area contributed by atoms with Gasteiger partial charge in [0.15, 0.2) is 5.13 Å². The third-order valence-corrected chi connectivity index (χ3v) is 4.05. The fourth-order valence-corrected chi connectivity index (χ4v) is 2.84. The summed E-state index contributed by atoms with van der Waals surface area (Å²) >= 11 is 1.66. The van der Waals surface area contributed by atoms with Crippen LogP contribution in [0.5, 0.6) is 5.75 Å². The first-order valence-corrected chi connectivity index (χ1v) is 6.79. The van der Waals surface area contributed by atoms with Gasteiger partial charge in [-0.25, -0.2) is 4.98 Å². The first kappa shape index (κ1) is 11.5. The Labute approximate surface area is 110 Å². The lowest BCUT2D eigenvalue weighted by Gasteiger charge is -2.18. The number of ether oxygens (including phenoxy) is 1. The van der Waals surface area contributed by atoms with Crippen LogP contribution in [0.1, 0.15) is 10.4 Å². The van der Waals surface area contributed by atoms with Crippen molar-refractivity contribution in [3.63, 3.8) is 0 Å². The molecule has 0 radical (unpaired) electrons. The summed E-state index contributed by atoms with van der Waals surface area (Å²) in [6, 6.07) is 8.17. The fraction of sp³-hybridized carbons (Fsp3) is 0.308. The maximum Gasteiger partial charge on any atom is 0.185 e. The van der Waals surface area contributed by atoms with Gasteiger partial charge in [-0.05, 0) is 6.07 Å². The highest BCUT2D eigenvalue weighted by Gasteiger charge is 2.17. The van der Waals surface area contributed by atoms with E-state index in [1.807, 2.05) is 24.4 Å². The van der Waals surface area contributed by atoms with Crippen LogP contribution in [0, 0.1) is 0 Å². The molecule has 0 atom stereocenters. The van der Waals surface area contributed by atoms with Crippen molar-refractivity contribution in [2.45, 2.75) is 13.1 Å². The van der Waals surface area contributed by atoms with Gasteiger partial charge in [0, 0.05) is 29.7 Å². The Morgan fingerprint density at radius 3 is 3.11 bits per heavy atom. The zero-order chi connectivity index (χ0) is 12.4. The predicted molar refractivity (Wildman–Crippen MR) is 73.0 cm³/mol. The van der Waals surface area contributed by atoms with Crippen molar-refractivity contribution in [3.8, 4) is 5.75 Å². The molecule has 0 aliphatic carbocycles. The second-order valence-electron chi connectivity index (χ2n) is 4.19. The molecular formula is C13H15N3OS. The third-order valence-electron chi connectivity index (χ3n) is 2.97. The Balaban J connectivity index is 1.86. The van der Waals surface area contributed by atoms with Crippen molar-refractivity contribution >= 4 is 16.5 Å². The Morgan fingerprint density at radius 2 is 2.28 bits per heavy atom. The number of anilines is 1. The molecule has 0 bridgehead atoms. The Hall–Kier alpha value is -1.59. The van der Waals surface area contributed by atoms with Crippen LogP contribution in [0.3, 0.4) is 0 Å². The average Bonchev–Trinajstić information content (AvgIpc) is 2.78. The number of nitrogens with two attached hydrogens (primary N) is 1. The van der Waals surface area contributed by atoms with Gasteiger partial charge in [0.25, 0.3) is 0 Å². The van der Waals surface area contributed by atoms with Gasteiger partial charge in [0.1, 0.15) is 12.4 Å². The van der Waals surface area contributed by atoms with Crippen molar-refractivity contribution in [2.75, 3.05) is 18.1 Å². The van der Waals surface area contributed by atoms with Gasteiger partial charge in [0.05, 0.1) is 6.54 Å². The number of thiazole rings is 1. The normalized spacial score (nSPS) is 14.8. The highest BCUT2D eigenvalue weighted by molar-refractivity contribution is 7.15. The molecule has 2 heterocycles. The Kier molecular flexibility index (Phi) is 3.17. The van der Waals surface area contributed by atoms with Gasteiger partial charge >= 0.3 is 0 Å². The Morgan fingerprint density at radius 1 is 1.39 bits per heavy atom. The molecular weight excluding hydrogens is 246 g/mol. The van der Waals surface area contributed by atoms with E-state index in [2.05, 4.69) is 16.0 Å². The van der Waals surface area contributed by atoms with Gasteiger partial charge in [-0.1, -0.05) is 18.2 Å². The molecule has 3 rings (SSSR count). The minimum Gasteiger partial charge on any atom is -0.491 e. The van der Waals surface area contributed by atoms with Crippen LogP contribution >= 0.6 is 11.3 Å². The van der Waals surface area contributed by atoms with Crippen molar-refractivity contribution in [3.05, 3.63) is 40.9 Å². The lowest BCUT2D eigenvalue weighted by atomic mass is 10.2. The number of aromatic nitrogens is 1. The van der Waals surface area contributed by atoms with E-state index in [1.54, 1.807) is 11.3 Å². The minimum atomic E-state index is 0.554. The molecule has 5 heteroatoms. The van der Waals surface area contributed by atoms with Crippen LogP contribution in [0.2, 0.25) is 0 Å². The summed E-state index contributed by atoms with van der Waals surface area (Å²) in [7, 11) is 0. The number of fused-ring (bicyclic) bond motifs is 1. The number of nitrogens with zero attached hydrogens (tertiary/aromatic N) is 2. The summed E-state index contributed by atoms with van der Waals surface area (Å²) in [6.07, 6.45) is 1.86. The molecule has 1 aromatic heterocycles.